The largest absolute Gasteiger partial charge is 0.445 e. The number of carbonyl (C=O) groups is 2. The molecular weight excluding hydrogens is 571 g/mol. The van der Waals surface area contributed by atoms with E-state index in [1.54, 1.807) is 31.2 Å². The van der Waals surface area contributed by atoms with Gasteiger partial charge in [-0.25, -0.2) is 14.0 Å². The van der Waals surface area contributed by atoms with E-state index < -0.39 is 59.6 Å². The SMILES string of the molecule is Cc1cc(F)ccc1C1CN(C(=O)OCc2ccccc2)CCN1C(=O)NCc1cc(C(F)(F)F)cc(C(F)(F)F)c1. The standard InChI is InChI=1S/C29H26F7N3O3/c1-18-11-23(30)7-8-24(18)25-16-38(27(41)42-17-19-5-3-2-4-6-19)9-10-39(25)26(40)37-15-20-12-21(28(31,32)33)14-22(13-20)29(34,35)36/h2-8,11-14,25H,9-10,15-17H2,1H3,(H,37,40). The van der Waals surface area contributed by atoms with Crippen molar-refractivity contribution in [1.29, 1.82) is 0 Å². The monoisotopic (exact) mass is 597 g/mol. The molecule has 1 N–H and O–H groups in total. The Hall–Kier alpha value is -4.29. The number of halogens is 7. The van der Waals surface area contributed by atoms with Crippen LogP contribution < -0.4 is 5.32 Å². The molecule has 0 bridgehead atoms. The third kappa shape index (κ3) is 7.51. The second kappa shape index (κ2) is 12.3. The van der Waals surface area contributed by atoms with Crippen LogP contribution in [0.5, 0.6) is 0 Å². The van der Waals surface area contributed by atoms with E-state index in [-0.39, 0.29) is 32.3 Å². The van der Waals surface area contributed by atoms with Gasteiger partial charge in [-0.1, -0.05) is 36.4 Å². The van der Waals surface area contributed by atoms with Gasteiger partial charge < -0.3 is 19.9 Å². The van der Waals surface area contributed by atoms with E-state index in [1.807, 2.05) is 6.07 Å². The first-order valence-corrected chi connectivity index (χ1v) is 12.8. The third-order valence-electron chi connectivity index (χ3n) is 6.79. The smallest absolute Gasteiger partial charge is 0.416 e. The van der Waals surface area contributed by atoms with Crippen molar-refractivity contribution in [3.63, 3.8) is 0 Å². The summed E-state index contributed by atoms with van der Waals surface area (Å²) in [6, 6.07) is 12.3. The van der Waals surface area contributed by atoms with Crippen molar-refractivity contribution in [3.05, 3.63) is 106 Å². The molecular formula is C29H26F7N3O3. The maximum Gasteiger partial charge on any atom is 0.416 e. The molecule has 0 radical (unpaired) electrons. The second-order valence-corrected chi connectivity index (χ2v) is 9.77. The van der Waals surface area contributed by atoms with Crippen molar-refractivity contribution >= 4 is 12.1 Å². The van der Waals surface area contributed by atoms with Gasteiger partial charge in [0.1, 0.15) is 12.4 Å². The zero-order valence-electron chi connectivity index (χ0n) is 22.2. The summed E-state index contributed by atoms with van der Waals surface area (Å²) < 4.78 is 98.8. The minimum Gasteiger partial charge on any atom is -0.445 e. The highest BCUT2D eigenvalue weighted by atomic mass is 19.4. The van der Waals surface area contributed by atoms with E-state index in [2.05, 4.69) is 5.32 Å². The van der Waals surface area contributed by atoms with Gasteiger partial charge in [0.2, 0.25) is 0 Å². The molecule has 1 heterocycles. The van der Waals surface area contributed by atoms with Crippen LogP contribution in [0.2, 0.25) is 0 Å². The van der Waals surface area contributed by atoms with Crippen molar-refractivity contribution in [3.8, 4) is 0 Å². The fourth-order valence-electron chi connectivity index (χ4n) is 4.68. The number of nitrogens with zero attached hydrogens (tertiary/aromatic N) is 2. The van der Waals surface area contributed by atoms with E-state index in [0.29, 0.717) is 23.3 Å². The summed E-state index contributed by atoms with van der Waals surface area (Å²) in [6.45, 7) is 0.958. The predicted octanol–water partition coefficient (Wildman–Crippen LogP) is 7.08. The molecule has 0 aliphatic carbocycles. The Labute approximate surface area is 236 Å². The first kappa shape index (κ1) is 30.7. The van der Waals surface area contributed by atoms with Gasteiger partial charge >= 0.3 is 24.5 Å². The van der Waals surface area contributed by atoms with Crippen molar-refractivity contribution in [1.82, 2.24) is 15.1 Å². The van der Waals surface area contributed by atoms with Crippen LogP contribution in [0.25, 0.3) is 0 Å². The van der Waals surface area contributed by atoms with Crippen LogP contribution in [0, 0.1) is 12.7 Å². The zero-order chi connectivity index (χ0) is 30.7. The van der Waals surface area contributed by atoms with Gasteiger partial charge in [0.05, 0.1) is 17.2 Å². The number of aryl methyl sites for hydroxylation is 1. The van der Waals surface area contributed by atoms with E-state index >= 15 is 0 Å². The summed E-state index contributed by atoms with van der Waals surface area (Å²) in [5.74, 6) is -0.521. The Morgan fingerprint density at radius 2 is 1.52 bits per heavy atom. The van der Waals surface area contributed by atoms with Gasteiger partial charge in [0.25, 0.3) is 0 Å². The van der Waals surface area contributed by atoms with Crippen molar-refractivity contribution < 1.29 is 45.1 Å². The summed E-state index contributed by atoms with van der Waals surface area (Å²) in [6.07, 6.45) is -10.7. The molecule has 42 heavy (non-hydrogen) atoms. The Bertz CT molecular complexity index is 1400. The quantitative estimate of drug-likeness (QED) is 0.320. The fourth-order valence-corrected chi connectivity index (χ4v) is 4.68. The van der Waals surface area contributed by atoms with Gasteiger partial charge in [-0.15, -0.1) is 0 Å². The molecule has 0 spiro atoms. The fraction of sp³-hybridized carbons (Fsp3) is 0.310. The molecule has 3 aromatic carbocycles. The Kier molecular flexibility index (Phi) is 8.97. The van der Waals surface area contributed by atoms with Crippen LogP contribution >= 0.6 is 0 Å². The molecule has 1 aliphatic heterocycles. The number of ether oxygens (including phenoxy) is 1. The van der Waals surface area contributed by atoms with E-state index in [9.17, 15) is 40.3 Å². The molecule has 1 fully saturated rings. The summed E-state index contributed by atoms with van der Waals surface area (Å²) in [5, 5.41) is 2.39. The number of rotatable bonds is 5. The number of alkyl halides is 6. The molecule has 4 rings (SSSR count). The number of benzene rings is 3. The van der Waals surface area contributed by atoms with E-state index in [0.717, 1.165) is 5.56 Å². The number of carbonyl (C=O) groups excluding carboxylic acids is 2. The average molecular weight is 598 g/mol. The lowest BCUT2D eigenvalue weighted by Crippen LogP contribution is -2.54. The second-order valence-electron chi connectivity index (χ2n) is 9.77. The van der Waals surface area contributed by atoms with Crippen LogP contribution in [-0.4, -0.2) is 41.6 Å². The number of urea groups is 1. The number of hydrogen-bond donors (Lipinski definition) is 1. The molecule has 224 valence electrons. The van der Waals surface area contributed by atoms with Gasteiger partial charge in [-0.3, -0.25) is 0 Å². The van der Waals surface area contributed by atoms with Crippen LogP contribution in [0.3, 0.4) is 0 Å². The summed E-state index contributed by atoms with van der Waals surface area (Å²) >= 11 is 0. The Balaban J connectivity index is 1.53. The summed E-state index contributed by atoms with van der Waals surface area (Å²) in [4.78, 5) is 28.8. The molecule has 1 saturated heterocycles. The molecule has 1 unspecified atom stereocenters. The van der Waals surface area contributed by atoms with E-state index in [4.69, 9.17) is 4.74 Å². The normalized spacial score (nSPS) is 15.9. The highest BCUT2D eigenvalue weighted by molar-refractivity contribution is 5.76. The third-order valence-corrected chi connectivity index (χ3v) is 6.79. The zero-order valence-corrected chi connectivity index (χ0v) is 22.2. The van der Waals surface area contributed by atoms with Gasteiger partial charge in [-0.05, 0) is 59.5 Å². The molecule has 13 heteroatoms. The highest BCUT2D eigenvalue weighted by Crippen LogP contribution is 2.36. The molecule has 6 nitrogen and oxygen atoms in total. The lowest BCUT2D eigenvalue weighted by molar-refractivity contribution is -0.143. The number of nitrogens with one attached hydrogen (secondary N) is 1. The topological polar surface area (TPSA) is 61.9 Å². The van der Waals surface area contributed by atoms with Crippen molar-refractivity contribution in [2.45, 2.75) is 38.5 Å². The van der Waals surface area contributed by atoms with Crippen molar-refractivity contribution in [2.75, 3.05) is 19.6 Å². The maximum atomic E-state index is 13.8. The molecule has 0 saturated carbocycles. The van der Waals surface area contributed by atoms with Crippen LogP contribution in [0.1, 0.15) is 39.4 Å². The van der Waals surface area contributed by atoms with Crippen LogP contribution in [0.15, 0.2) is 66.7 Å². The molecule has 1 atom stereocenters. The molecule has 3 aromatic rings. The predicted molar refractivity (Wildman–Crippen MR) is 137 cm³/mol. The van der Waals surface area contributed by atoms with Crippen LogP contribution in [-0.2, 0) is 30.2 Å². The first-order chi connectivity index (χ1) is 19.7. The summed E-state index contributed by atoms with van der Waals surface area (Å²) in [5.41, 5.74) is -1.65. The minimum absolute atomic E-state index is 0.00869. The number of hydrogen-bond acceptors (Lipinski definition) is 3. The lowest BCUT2D eigenvalue weighted by Gasteiger charge is -2.41. The van der Waals surface area contributed by atoms with Crippen molar-refractivity contribution in [2.24, 2.45) is 0 Å². The Morgan fingerprint density at radius 3 is 2.12 bits per heavy atom. The van der Waals surface area contributed by atoms with Crippen LogP contribution in [0.4, 0.5) is 40.3 Å². The maximum absolute atomic E-state index is 13.8. The van der Waals surface area contributed by atoms with Gasteiger partial charge in [0, 0.05) is 26.2 Å². The molecule has 3 amide bonds. The Morgan fingerprint density at radius 1 is 0.881 bits per heavy atom. The molecule has 0 aromatic heterocycles. The molecule has 1 aliphatic rings. The summed E-state index contributed by atoms with van der Waals surface area (Å²) in [7, 11) is 0. The lowest BCUT2D eigenvalue weighted by atomic mass is 9.97. The van der Waals surface area contributed by atoms with E-state index in [1.165, 1.54) is 28.0 Å². The number of piperazine rings is 1. The van der Waals surface area contributed by atoms with Gasteiger partial charge in [0.15, 0.2) is 0 Å². The highest BCUT2D eigenvalue weighted by Gasteiger charge is 2.38. The number of amides is 3. The minimum atomic E-state index is -5.03. The first-order valence-electron chi connectivity index (χ1n) is 12.8. The van der Waals surface area contributed by atoms with Gasteiger partial charge in [-0.2, -0.15) is 26.3 Å². The average Bonchev–Trinajstić information content (AvgIpc) is 2.94.